The van der Waals surface area contributed by atoms with Crippen molar-refractivity contribution in [1.82, 2.24) is 29.3 Å². The molecule has 6 rings (SSSR count). The Hall–Kier alpha value is -3.26. The van der Waals surface area contributed by atoms with E-state index in [0.717, 1.165) is 25.1 Å². The van der Waals surface area contributed by atoms with Crippen LogP contribution in [0.3, 0.4) is 0 Å². The van der Waals surface area contributed by atoms with E-state index in [9.17, 15) is 4.79 Å². The van der Waals surface area contributed by atoms with Gasteiger partial charge in [0.15, 0.2) is 11.4 Å². The van der Waals surface area contributed by atoms with Crippen LogP contribution in [0, 0.1) is 6.92 Å². The molecule has 1 atom stereocenters. The fraction of sp³-hybridized carbons (Fsp3) is 0.391. The first-order chi connectivity index (χ1) is 15.0. The second-order valence-corrected chi connectivity index (χ2v) is 8.82. The number of aryl methyl sites for hydroxylation is 1. The Balaban J connectivity index is 1.42. The van der Waals surface area contributed by atoms with Gasteiger partial charge in [-0.15, -0.1) is 0 Å². The number of imidazole rings is 1. The fourth-order valence-electron chi connectivity index (χ4n) is 4.80. The maximum Gasteiger partial charge on any atom is 0.258 e. The van der Waals surface area contributed by atoms with Gasteiger partial charge in [0, 0.05) is 23.9 Å². The lowest BCUT2D eigenvalue weighted by atomic mass is 9.86. The molecule has 2 fully saturated rings. The van der Waals surface area contributed by atoms with Crippen LogP contribution in [0.15, 0.2) is 41.5 Å². The highest BCUT2D eigenvalue weighted by molar-refractivity contribution is 5.64. The van der Waals surface area contributed by atoms with Crippen molar-refractivity contribution in [2.24, 2.45) is 0 Å². The standard InChI is InChI=1S/C23H24N6O2/c1-14-12-29-22(25-14)19(31-2)9-18(27-29)17-10-21(30)28-13-16(3-4-20(28)26-17)15-5-8-24-23(11-15)6-7-23/h3-4,9-10,12-13,15,24H,5-8,11H2,1-2H3/t15-/m1/s1. The topological polar surface area (TPSA) is 85.8 Å². The van der Waals surface area contributed by atoms with Crippen LogP contribution in [0.5, 0.6) is 5.75 Å². The van der Waals surface area contributed by atoms with Crippen LogP contribution in [0.1, 0.15) is 42.9 Å². The van der Waals surface area contributed by atoms with Crippen LogP contribution in [0.25, 0.3) is 22.7 Å². The average molecular weight is 416 g/mol. The van der Waals surface area contributed by atoms with E-state index >= 15 is 0 Å². The van der Waals surface area contributed by atoms with E-state index in [4.69, 9.17) is 9.72 Å². The van der Waals surface area contributed by atoms with Crippen molar-refractivity contribution in [3.63, 3.8) is 0 Å². The molecule has 1 aliphatic carbocycles. The lowest BCUT2D eigenvalue weighted by Crippen LogP contribution is -2.39. The molecule has 31 heavy (non-hydrogen) atoms. The first-order valence-electron chi connectivity index (χ1n) is 10.7. The van der Waals surface area contributed by atoms with Gasteiger partial charge in [-0.2, -0.15) is 5.10 Å². The molecule has 1 saturated carbocycles. The minimum absolute atomic E-state index is 0.111. The molecule has 4 aromatic rings. The van der Waals surface area contributed by atoms with Gasteiger partial charge in [0.05, 0.1) is 24.7 Å². The van der Waals surface area contributed by atoms with Crippen LogP contribution >= 0.6 is 0 Å². The van der Waals surface area contributed by atoms with Crippen molar-refractivity contribution in [2.45, 2.75) is 44.1 Å². The zero-order valence-electron chi connectivity index (χ0n) is 17.6. The average Bonchev–Trinajstić information content (AvgIpc) is 3.40. The molecule has 0 bridgehead atoms. The number of aromatic nitrogens is 5. The summed E-state index contributed by atoms with van der Waals surface area (Å²) in [5, 5.41) is 8.26. The van der Waals surface area contributed by atoms with E-state index in [-0.39, 0.29) is 5.56 Å². The van der Waals surface area contributed by atoms with E-state index in [1.54, 1.807) is 28.2 Å². The Labute approximate surface area is 178 Å². The molecule has 0 unspecified atom stereocenters. The summed E-state index contributed by atoms with van der Waals surface area (Å²) < 4.78 is 8.80. The summed E-state index contributed by atoms with van der Waals surface area (Å²) in [7, 11) is 1.60. The molecule has 8 heteroatoms. The number of nitrogens with one attached hydrogen (secondary N) is 1. The SMILES string of the molecule is COc1cc(-c2cc(=O)n3cc([C@@H]4CCNC5(CC5)C4)ccc3n2)nn2cc(C)nc12. The maximum atomic E-state index is 13.0. The van der Waals surface area contributed by atoms with Gasteiger partial charge in [0.2, 0.25) is 0 Å². The number of ether oxygens (including phenoxy) is 1. The van der Waals surface area contributed by atoms with Gasteiger partial charge in [0.1, 0.15) is 11.3 Å². The molecular formula is C23H24N6O2. The third kappa shape index (κ3) is 3.09. The maximum absolute atomic E-state index is 13.0. The van der Waals surface area contributed by atoms with E-state index < -0.39 is 0 Å². The Bertz CT molecular complexity index is 1380. The molecule has 8 nitrogen and oxygen atoms in total. The van der Waals surface area contributed by atoms with Gasteiger partial charge >= 0.3 is 0 Å². The summed E-state index contributed by atoms with van der Waals surface area (Å²) in [5.41, 5.74) is 4.63. The number of hydrogen-bond acceptors (Lipinski definition) is 6. The zero-order valence-corrected chi connectivity index (χ0v) is 17.6. The summed E-state index contributed by atoms with van der Waals surface area (Å²) in [4.78, 5) is 22.2. The summed E-state index contributed by atoms with van der Waals surface area (Å²) >= 11 is 0. The summed E-state index contributed by atoms with van der Waals surface area (Å²) in [6.07, 6.45) is 8.57. The largest absolute Gasteiger partial charge is 0.493 e. The Morgan fingerprint density at radius 1 is 1.16 bits per heavy atom. The van der Waals surface area contributed by atoms with Crippen molar-refractivity contribution < 1.29 is 4.74 Å². The van der Waals surface area contributed by atoms with Crippen molar-refractivity contribution >= 4 is 11.3 Å². The van der Waals surface area contributed by atoms with Crippen LogP contribution < -0.4 is 15.6 Å². The minimum atomic E-state index is -0.111. The van der Waals surface area contributed by atoms with E-state index in [0.29, 0.717) is 39.9 Å². The zero-order chi connectivity index (χ0) is 21.2. The van der Waals surface area contributed by atoms with Crippen molar-refractivity contribution in [3.05, 3.63) is 58.3 Å². The summed E-state index contributed by atoms with van der Waals surface area (Å²) in [6, 6.07) is 7.38. The third-order valence-electron chi connectivity index (χ3n) is 6.63. The van der Waals surface area contributed by atoms with Crippen LogP contribution in [0.4, 0.5) is 0 Å². The van der Waals surface area contributed by atoms with Gasteiger partial charge < -0.3 is 10.1 Å². The Morgan fingerprint density at radius 2 is 2.03 bits per heavy atom. The number of fused-ring (bicyclic) bond motifs is 2. The smallest absolute Gasteiger partial charge is 0.258 e. The second kappa shape index (κ2) is 6.62. The van der Waals surface area contributed by atoms with Gasteiger partial charge in [-0.1, -0.05) is 6.07 Å². The number of piperidine rings is 1. The summed E-state index contributed by atoms with van der Waals surface area (Å²) in [6.45, 7) is 2.94. The monoisotopic (exact) mass is 416 g/mol. The lowest BCUT2D eigenvalue weighted by Gasteiger charge is -2.30. The van der Waals surface area contributed by atoms with E-state index in [1.807, 2.05) is 25.4 Å². The predicted molar refractivity (Wildman–Crippen MR) is 117 cm³/mol. The highest BCUT2D eigenvalue weighted by Gasteiger charge is 2.46. The molecule has 1 saturated heterocycles. The molecule has 0 amide bonds. The molecule has 158 valence electrons. The van der Waals surface area contributed by atoms with Crippen molar-refractivity contribution in [3.8, 4) is 17.1 Å². The molecule has 4 aromatic heterocycles. The quantitative estimate of drug-likeness (QED) is 0.553. The Morgan fingerprint density at radius 3 is 2.84 bits per heavy atom. The highest BCUT2D eigenvalue weighted by atomic mass is 16.5. The molecular weight excluding hydrogens is 392 g/mol. The number of rotatable bonds is 3. The van der Waals surface area contributed by atoms with Crippen LogP contribution in [-0.4, -0.2) is 43.2 Å². The van der Waals surface area contributed by atoms with Gasteiger partial charge in [0.25, 0.3) is 5.56 Å². The van der Waals surface area contributed by atoms with Gasteiger partial charge in [-0.3, -0.25) is 9.20 Å². The molecule has 5 heterocycles. The highest BCUT2D eigenvalue weighted by Crippen LogP contribution is 2.46. The molecule has 0 aromatic carbocycles. The van der Waals surface area contributed by atoms with Crippen molar-refractivity contribution in [1.29, 1.82) is 0 Å². The first kappa shape index (κ1) is 18.5. The number of pyridine rings is 1. The molecule has 1 aliphatic heterocycles. The van der Waals surface area contributed by atoms with Crippen molar-refractivity contribution in [2.75, 3.05) is 13.7 Å². The molecule has 0 radical (unpaired) electrons. The minimum Gasteiger partial charge on any atom is -0.493 e. The number of nitrogens with zero attached hydrogens (tertiary/aromatic N) is 5. The second-order valence-electron chi connectivity index (χ2n) is 8.82. The third-order valence-corrected chi connectivity index (χ3v) is 6.63. The molecule has 2 aliphatic rings. The molecule has 1 spiro atoms. The predicted octanol–water partition coefficient (Wildman–Crippen LogP) is 2.72. The normalized spacial score (nSPS) is 19.9. The lowest BCUT2D eigenvalue weighted by molar-refractivity contribution is 0.345. The van der Waals surface area contributed by atoms with Crippen LogP contribution in [-0.2, 0) is 0 Å². The van der Waals surface area contributed by atoms with E-state index in [2.05, 4.69) is 21.5 Å². The van der Waals surface area contributed by atoms with E-state index in [1.165, 1.54) is 18.4 Å². The van der Waals surface area contributed by atoms with Gasteiger partial charge in [-0.05, 0) is 56.7 Å². The summed E-state index contributed by atoms with van der Waals surface area (Å²) in [5.74, 6) is 1.08. The molecule has 1 N–H and O–H groups in total. The Kier molecular flexibility index (Phi) is 3.95. The number of methoxy groups -OCH3 is 1. The fourth-order valence-corrected chi connectivity index (χ4v) is 4.80. The first-order valence-corrected chi connectivity index (χ1v) is 10.7. The van der Waals surface area contributed by atoms with Gasteiger partial charge in [-0.25, -0.2) is 14.5 Å². The van der Waals surface area contributed by atoms with Crippen LogP contribution in [0.2, 0.25) is 0 Å². The number of hydrogen-bond donors (Lipinski definition) is 1.